The summed E-state index contributed by atoms with van der Waals surface area (Å²) in [5, 5.41) is 0.714. The summed E-state index contributed by atoms with van der Waals surface area (Å²) in [5.41, 5.74) is 3.32. The summed E-state index contributed by atoms with van der Waals surface area (Å²) in [6.07, 6.45) is 0.849. The molecule has 1 aromatic heterocycles. The molecule has 0 fully saturated rings. The number of amides is 1. The van der Waals surface area contributed by atoms with Crippen molar-refractivity contribution in [3.8, 4) is 11.5 Å². The van der Waals surface area contributed by atoms with Crippen molar-refractivity contribution in [2.45, 2.75) is 20.3 Å². The molecule has 3 rings (SSSR count). The predicted molar refractivity (Wildman–Crippen MR) is 123 cm³/mol. The van der Waals surface area contributed by atoms with Crippen molar-refractivity contribution in [1.82, 2.24) is 9.88 Å². The summed E-state index contributed by atoms with van der Waals surface area (Å²) in [6.45, 7) is 5.56. The number of ether oxygens (including phenoxy) is 2. The summed E-state index contributed by atoms with van der Waals surface area (Å²) in [7, 11) is 5.64. The van der Waals surface area contributed by atoms with Crippen molar-refractivity contribution in [1.29, 1.82) is 0 Å². The quantitative estimate of drug-likeness (QED) is 0.510. The molecule has 1 amide bonds. The zero-order valence-corrected chi connectivity index (χ0v) is 19.1. The van der Waals surface area contributed by atoms with Crippen LogP contribution in [0.1, 0.15) is 17.5 Å². The maximum atomic E-state index is 13.1. The van der Waals surface area contributed by atoms with Crippen LogP contribution >= 0.6 is 11.3 Å². The summed E-state index contributed by atoms with van der Waals surface area (Å²) in [4.78, 5) is 21.8. The Balaban J connectivity index is 1.82. The lowest BCUT2D eigenvalue weighted by molar-refractivity contribution is -0.120. The molecule has 0 bridgehead atoms. The smallest absolute Gasteiger partial charge is 0.266 e. The molecule has 3 aromatic rings. The van der Waals surface area contributed by atoms with Crippen LogP contribution in [0.4, 0.5) is 5.13 Å². The molecular formula is C23H29N3O3S. The van der Waals surface area contributed by atoms with Gasteiger partial charge in [-0.05, 0) is 70.2 Å². The first-order chi connectivity index (χ1) is 14.4. The van der Waals surface area contributed by atoms with Crippen molar-refractivity contribution in [2.75, 3.05) is 45.8 Å². The molecule has 0 aliphatic rings. The zero-order chi connectivity index (χ0) is 21.7. The molecule has 1 heterocycles. The van der Waals surface area contributed by atoms with Gasteiger partial charge in [-0.2, -0.15) is 0 Å². The molecule has 6 nitrogen and oxygen atoms in total. The van der Waals surface area contributed by atoms with Gasteiger partial charge in [-0.3, -0.25) is 9.69 Å². The summed E-state index contributed by atoms with van der Waals surface area (Å²) in [6, 6.07) is 11.5. The van der Waals surface area contributed by atoms with Gasteiger partial charge >= 0.3 is 0 Å². The third-order valence-electron chi connectivity index (χ3n) is 5.01. The fourth-order valence-electron chi connectivity index (χ4n) is 3.16. The number of aryl methyl sites for hydroxylation is 2. The van der Waals surface area contributed by atoms with Crippen molar-refractivity contribution in [3.63, 3.8) is 0 Å². The molecule has 0 saturated heterocycles. The summed E-state index contributed by atoms with van der Waals surface area (Å²) >= 11 is 1.54. The van der Waals surface area contributed by atoms with E-state index < -0.39 is 0 Å². The van der Waals surface area contributed by atoms with E-state index in [-0.39, 0.29) is 12.5 Å². The monoisotopic (exact) mass is 427 g/mol. The van der Waals surface area contributed by atoms with E-state index in [9.17, 15) is 4.79 Å². The third-order valence-corrected chi connectivity index (χ3v) is 6.06. The Morgan fingerprint density at radius 2 is 1.80 bits per heavy atom. The molecule has 0 unspecified atom stereocenters. The molecule has 2 aromatic carbocycles. The molecule has 0 aliphatic heterocycles. The Labute approximate surface area is 182 Å². The van der Waals surface area contributed by atoms with Crippen LogP contribution in [-0.4, -0.2) is 56.7 Å². The van der Waals surface area contributed by atoms with Crippen LogP contribution in [0.5, 0.6) is 11.5 Å². The van der Waals surface area contributed by atoms with Gasteiger partial charge in [-0.1, -0.05) is 29.5 Å². The molecule has 0 spiro atoms. The maximum absolute atomic E-state index is 13.1. The summed E-state index contributed by atoms with van der Waals surface area (Å²) in [5.74, 6) is 1.04. The highest BCUT2D eigenvalue weighted by molar-refractivity contribution is 7.22. The minimum absolute atomic E-state index is 0.0731. The fourth-order valence-corrected chi connectivity index (χ4v) is 4.23. The minimum atomic E-state index is -0.118. The van der Waals surface area contributed by atoms with Crippen molar-refractivity contribution < 1.29 is 14.3 Å². The number of hydrogen-bond donors (Lipinski definition) is 0. The van der Waals surface area contributed by atoms with Gasteiger partial charge in [-0.15, -0.1) is 0 Å². The normalized spacial score (nSPS) is 11.1. The lowest BCUT2D eigenvalue weighted by atomic mass is 10.1. The number of hydrogen-bond acceptors (Lipinski definition) is 6. The first kappa shape index (κ1) is 22.1. The Bertz CT molecular complexity index is 1020. The van der Waals surface area contributed by atoms with Gasteiger partial charge in [0.1, 0.15) is 0 Å². The number of carbonyl (C=O) groups is 1. The number of fused-ring (bicyclic) bond motifs is 1. The van der Waals surface area contributed by atoms with Crippen LogP contribution in [-0.2, 0) is 4.79 Å². The number of benzene rings is 2. The average Bonchev–Trinajstić information content (AvgIpc) is 3.16. The van der Waals surface area contributed by atoms with E-state index in [1.807, 2.05) is 32.3 Å². The predicted octanol–water partition coefficient (Wildman–Crippen LogP) is 4.29. The van der Waals surface area contributed by atoms with E-state index in [0.717, 1.165) is 28.7 Å². The van der Waals surface area contributed by atoms with Gasteiger partial charge in [-0.25, -0.2) is 4.98 Å². The molecule has 0 aliphatic carbocycles. The fraction of sp³-hybridized carbons (Fsp3) is 0.391. The lowest BCUT2D eigenvalue weighted by Crippen LogP contribution is -2.36. The van der Waals surface area contributed by atoms with Crippen LogP contribution in [0.3, 0.4) is 0 Å². The van der Waals surface area contributed by atoms with Crippen molar-refractivity contribution in [3.05, 3.63) is 47.5 Å². The molecule has 0 atom stereocenters. The Morgan fingerprint density at radius 3 is 2.50 bits per heavy atom. The van der Waals surface area contributed by atoms with Crippen LogP contribution in [0.15, 0.2) is 36.4 Å². The van der Waals surface area contributed by atoms with E-state index in [1.54, 1.807) is 29.4 Å². The number of rotatable bonds is 9. The summed E-state index contributed by atoms with van der Waals surface area (Å²) < 4.78 is 12.2. The van der Waals surface area contributed by atoms with E-state index in [4.69, 9.17) is 14.5 Å². The Hall–Kier alpha value is -2.64. The van der Waals surface area contributed by atoms with Gasteiger partial charge in [0.05, 0.1) is 17.3 Å². The highest BCUT2D eigenvalue weighted by atomic mass is 32.1. The van der Waals surface area contributed by atoms with E-state index in [1.165, 1.54) is 5.56 Å². The van der Waals surface area contributed by atoms with E-state index >= 15 is 0 Å². The standard InChI is InChI=1S/C23H29N3O3S/c1-16-11-12-20-22(17(16)2)24-23(30-20)26(14-8-13-25(3)4)21(27)15-29-19-10-7-6-9-18(19)28-5/h6-7,9-12H,8,13-15H2,1-5H3. The molecule has 0 N–H and O–H groups in total. The zero-order valence-electron chi connectivity index (χ0n) is 18.3. The maximum Gasteiger partial charge on any atom is 0.266 e. The molecule has 0 saturated carbocycles. The van der Waals surface area contributed by atoms with Gasteiger partial charge in [0.15, 0.2) is 23.2 Å². The van der Waals surface area contributed by atoms with Gasteiger partial charge in [0.25, 0.3) is 5.91 Å². The second kappa shape index (κ2) is 9.91. The first-order valence-electron chi connectivity index (χ1n) is 9.98. The second-order valence-electron chi connectivity index (χ2n) is 7.49. The number of para-hydroxylation sites is 2. The van der Waals surface area contributed by atoms with Crippen molar-refractivity contribution in [2.24, 2.45) is 0 Å². The Morgan fingerprint density at radius 1 is 1.07 bits per heavy atom. The van der Waals surface area contributed by atoms with Gasteiger partial charge < -0.3 is 14.4 Å². The number of nitrogens with zero attached hydrogens (tertiary/aromatic N) is 3. The number of aromatic nitrogens is 1. The molecule has 7 heteroatoms. The van der Waals surface area contributed by atoms with Gasteiger partial charge in [0.2, 0.25) is 0 Å². The Kier molecular flexibility index (Phi) is 7.29. The van der Waals surface area contributed by atoms with E-state index in [0.29, 0.717) is 23.2 Å². The topological polar surface area (TPSA) is 54.9 Å². The van der Waals surface area contributed by atoms with Gasteiger partial charge in [0, 0.05) is 6.54 Å². The van der Waals surface area contributed by atoms with Crippen LogP contribution in [0.2, 0.25) is 0 Å². The third kappa shape index (κ3) is 5.09. The highest BCUT2D eigenvalue weighted by Crippen LogP contribution is 2.32. The molecular weight excluding hydrogens is 398 g/mol. The van der Waals surface area contributed by atoms with E-state index in [2.05, 4.69) is 30.9 Å². The number of thiazole rings is 1. The number of carbonyl (C=O) groups excluding carboxylic acids is 1. The highest BCUT2D eigenvalue weighted by Gasteiger charge is 2.21. The van der Waals surface area contributed by atoms with Crippen LogP contribution < -0.4 is 14.4 Å². The molecule has 30 heavy (non-hydrogen) atoms. The number of methoxy groups -OCH3 is 1. The SMILES string of the molecule is COc1ccccc1OCC(=O)N(CCCN(C)C)c1nc2c(C)c(C)ccc2s1. The molecule has 0 radical (unpaired) electrons. The average molecular weight is 428 g/mol. The first-order valence-corrected chi connectivity index (χ1v) is 10.8. The number of anilines is 1. The largest absolute Gasteiger partial charge is 0.493 e. The lowest BCUT2D eigenvalue weighted by Gasteiger charge is -2.21. The van der Waals surface area contributed by atoms with Crippen LogP contribution in [0, 0.1) is 13.8 Å². The second-order valence-corrected chi connectivity index (χ2v) is 8.50. The molecule has 160 valence electrons. The van der Waals surface area contributed by atoms with Crippen LogP contribution in [0.25, 0.3) is 10.2 Å². The minimum Gasteiger partial charge on any atom is -0.493 e. The van der Waals surface area contributed by atoms with Crippen molar-refractivity contribution >= 4 is 32.6 Å².